The lowest BCUT2D eigenvalue weighted by Gasteiger charge is -2.32. The van der Waals surface area contributed by atoms with Crippen LogP contribution in [-0.2, 0) is 11.2 Å². The van der Waals surface area contributed by atoms with Crippen molar-refractivity contribution in [2.24, 2.45) is 0 Å². The first-order valence-corrected chi connectivity index (χ1v) is 6.03. The molecule has 0 unspecified atom stereocenters. The molecule has 1 amide bonds. The molecule has 0 aliphatic carbocycles. The van der Waals surface area contributed by atoms with E-state index in [2.05, 4.69) is 0 Å². The summed E-state index contributed by atoms with van der Waals surface area (Å²) in [6.07, 6.45) is 0.843. The Kier molecular flexibility index (Phi) is 3.68. The maximum atomic E-state index is 13.8. The minimum Gasteiger partial charge on any atom is -0.360 e. The number of fused-ring (bicyclic) bond motifs is 1. The molecule has 0 radical (unpaired) electrons. The van der Waals surface area contributed by atoms with Gasteiger partial charge in [-0.15, -0.1) is 0 Å². The van der Waals surface area contributed by atoms with E-state index < -0.39 is 17.5 Å². The first-order valence-electron chi connectivity index (χ1n) is 6.03. The van der Waals surface area contributed by atoms with Crippen LogP contribution in [0.1, 0.15) is 12.0 Å². The molecule has 0 saturated carbocycles. The highest BCUT2D eigenvalue weighted by Crippen LogP contribution is 2.33. The van der Waals surface area contributed by atoms with Gasteiger partial charge in [0, 0.05) is 32.3 Å². The Labute approximate surface area is 109 Å². The van der Waals surface area contributed by atoms with Crippen LogP contribution in [0.5, 0.6) is 0 Å². The van der Waals surface area contributed by atoms with Crippen molar-refractivity contribution in [3.8, 4) is 0 Å². The van der Waals surface area contributed by atoms with Gasteiger partial charge in [-0.3, -0.25) is 4.79 Å². The standard InChI is InChI=1S/C13H15F3N2O/c1-17(2)11(19)7-18-5-3-4-8-12(16)9(14)6-10(15)13(8)18/h6H,3-5,7H2,1-2H3. The molecule has 104 valence electrons. The predicted molar refractivity (Wildman–Crippen MR) is 65.5 cm³/mol. The normalized spacial score (nSPS) is 14.3. The van der Waals surface area contributed by atoms with Gasteiger partial charge in [0.05, 0.1) is 12.2 Å². The van der Waals surface area contributed by atoms with E-state index in [1.165, 1.54) is 9.80 Å². The van der Waals surface area contributed by atoms with E-state index >= 15 is 0 Å². The van der Waals surface area contributed by atoms with Gasteiger partial charge in [0.2, 0.25) is 5.91 Å². The van der Waals surface area contributed by atoms with Crippen molar-refractivity contribution in [3.05, 3.63) is 29.1 Å². The summed E-state index contributed by atoms with van der Waals surface area (Å²) in [5.41, 5.74) is 0.0376. The number of likely N-dealkylation sites (N-methyl/N-ethyl adjacent to an activating group) is 1. The Balaban J connectivity index is 2.39. The van der Waals surface area contributed by atoms with E-state index in [1.807, 2.05) is 0 Å². The predicted octanol–water partition coefficient (Wildman–Crippen LogP) is 1.94. The number of carbonyl (C=O) groups is 1. The summed E-state index contributed by atoms with van der Waals surface area (Å²) in [7, 11) is 3.18. The van der Waals surface area contributed by atoms with E-state index in [9.17, 15) is 18.0 Å². The molecule has 1 aromatic carbocycles. The van der Waals surface area contributed by atoms with Gasteiger partial charge in [-0.2, -0.15) is 0 Å². The lowest BCUT2D eigenvalue weighted by atomic mass is 10.00. The average molecular weight is 272 g/mol. The molecule has 0 atom stereocenters. The fourth-order valence-corrected chi connectivity index (χ4v) is 2.23. The van der Waals surface area contributed by atoms with Crippen LogP contribution in [0.25, 0.3) is 0 Å². The summed E-state index contributed by atoms with van der Waals surface area (Å²) >= 11 is 0. The fourth-order valence-electron chi connectivity index (χ4n) is 2.23. The molecule has 6 heteroatoms. The minimum absolute atomic E-state index is 0.0142. The maximum absolute atomic E-state index is 13.8. The molecule has 2 rings (SSSR count). The van der Waals surface area contributed by atoms with Crippen molar-refractivity contribution in [3.63, 3.8) is 0 Å². The van der Waals surface area contributed by atoms with Gasteiger partial charge in [0.15, 0.2) is 11.6 Å². The van der Waals surface area contributed by atoms with E-state index in [4.69, 9.17) is 0 Å². The second kappa shape index (κ2) is 5.11. The van der Waals surface area contributed by atoms with Gasteiger partial charge < -0.3 is 9.80 Å². The van der Waals surface area contributed by atoms with Crippen LogP contribution >= 0.6 is 0 Å². The smallest absolute Gasteiger partial charge is 0.241 e. The zero-order valence-electron chi connectivity index (χ0n) is 10.8. The van der Waals surface area contributed by atoms with Gasteiger partial charge in [-0.05, 0) is 12.8 Å². The number of nitrogens with zero attached hydrogens (tertiary/aromatic N) is 2. The molecule has 0 N–H and O–H groups in total. The van der Waals surface area contributed by atoms with Crippen LogP contribution < -0.4 is 4.90 Å². The lowest BCUT2D eigenvalue weighted by molar-refractivity contribution is -0.127. The van der Waals surface area contributed by atoms with Crippen LogP contribution in [-0.4, -0.2) is 38.0 Å². The molecule has 3 nitrogen and oxygen atoms in total. The molecule has 0 saturated heterocycles. The number of rotatable bonds is 2. The summed E-state index contributed by atoms with van der Waals surface area (Å²) in [6.45, 7) is 0.413. The van der Waals surface area contributed by atoms with Crippen LogP contribution in [0.3, 0.4) is 0 Å². The van der Waals surface area contributed by atoms with Gasteiger partial charge in [-0.25, -0.2) is 13.2 Å². The topological polar surface area (TPSA) is 23.6 Å². The lowest BCUT2D eigenvalue weighted by Crippen LogP contribution is -2.40. The molecule has 1 aliphatic heterocycles. The zero-order valence-corrected chi connectivity index (χ0v) is 10.8. The molecular formula is C13H15F3N2O. The van der Waals surface area contributed by atoms with Crippen molar-refractivity contribution in [1.82, 2.24) is 4.90 Å². The molecule has 1 aliphatic rings. The van der Waals surface area contributed by atoms with Crippen LogP contribution in [0.15, 0.2) is 6.07 Å². The summed E-state index contributed by atoms with van der Waals surface area (Å²) in [5, 5.41) is 0. The van der Waals surface area contributed by atoms with Gasteiger partial charge in [0.1, 0.15) is 5.82 Å². The Bertz CT molecular complexity index is 517. The number of amides is 1. The monoisotopic (exact) mass is 272 g/mol. The van der Waals surface area contributed by atoms with Crippen LogP contribution in [0, 0.1) is 17.5 Å². The molecule has 0 spiro atoms. The summed E-state index contributed by atoms with van der Waals surface area (Å²) in [6, 6.07) is 0.534. The molecule has 0 aromatic heterocycles. The van der Waals surface area contributed by atoms with Crippen molar-refractivity contribution in [2.45, 2.75) is 12.8 Å². The number of hydrogen-bond donors (Lipinski definition) is 0. The van der Waals surface area contributed by atoms with Crippen LogP contribution in [0.2, 0.25) is 0 Å². The highest BCUT2D eigenvalue weighted by molar-refractivity contribution is 5.81. The SMILES string of the molecule is CN(C)C(=O)CN1CCCc2c(F)c(F)cc(F)c21. The summed E-state index contributed by atoms with van der Waals surface area (Å²) in [4.78, 5) is 14.5. The Morgan fingerprint density at radius 3 is 2.63 bits per heavy atom. The van der Waals surface area contributed by atoms with Crippen LogP contribution in [0.4, 0.5) is 18.9 Å². The molecular weight excluding hydrogens is 257 g/mol. The summed E-state index contributed by atoms with van der Waals surface area (Å²) in [5.74, 6) is -3.23. The zero-order chi connectivity index (χ0) is 14.2. The molecule has 0 bridgehead atoms. The van der Waals surface area contributed by atoms with E-state index in [-0.39, 0.29) is 30.1 Å². The van der Waals surface area contributed by atoms with Gasteiger partial charge in [0.25, 0.3) is 0 Å². The number of carbonyl (C=O) groups excluding carboxylic acids is 1. The fraction of sp³-hybridized carbons (Fsp3) is 0.462. The minimum atomic E-state index is -1.18. The number of benzene rings is 1. The van der Waals surface area contributed by atoms with Gasteiger partial charge >= 0.3 is 0 Å². The first-order chi connectivity index (χ1) is 8.91. The largest absolute Gasteiger partial charge is 0.360 e. The quantitative estimate of drug-likeness (QED) is 0.768. The number of anilines is 1. The summed E-state index contributed by atoms with van der Waals surface area (Å²) < 4.78 is 40.7. The average Bonchev–Trinajstić information content (AvgIpc) is 2.35. The molecule has 19 heavy (non-hydrogen) atoms. The number of hydrogen-bond acceptors (Lipinski definition) is 2. The van der Waals surface area contributed by atoms with Crippen molar-refractivity contribution in [1.29, 1.82) is 0 Å². The van der Waals surface area contributed by atoms with E-state index in [1.54, 1.807) is 14.1 Å². The van der Waals surface area contributed by atoms with Crippen molar-refractivity contribution < 1.29 is 18.0 Å². The number of halogens is 3. The van der Waals surface area contributed by atoms with E-state index in [0.717, 1.165) is 0 Å². The molecule has 1 heterocycles. The second-order valence-corrected chi connectivity index (χ2v) is 4.79. The third-order valence-electron chi connectivity index (χ3n) is 3.24. The highest BCUT2D eigenvalue weighted by atomic mass is 19.2. The Morgan fingerprint density at radius 1 is 1.32 bits per heavy atom. The van der Waals surface area contributed by atoms with Gasteiger partial charge in [-0.1, -0.05) is 0 Å². The maximum Gasteiger partial charge on any atom is 0.241 e. The third-order valence-corrected chi connectivity index (χ3v) is 3.24. The van der Waals surface area contributed by atoms with Crippen molar-refractivity contribution in [2.75, 3.05) is 32.1 Å². The Hall–Kier alpha value is -1.72. The van der Waals surface area contributed by atoms with E-state index in [0.29, 0.717) is 19.0 Å². The Morgan fingerprint density at radius 2 is 2.00 bits per heavy atom. The first kappa shape index (κ1) is 13.7. The molecule has 1 aromatic rings. The molecule has 0 fully saturated rings. The van der Waals surface area contributed by atoms with Crippen molar-refractivity contribution >= 4 is 11.6 Å². The highest BCUT2D eigenvalue weighted by Gasteiger charge is 2.27. The second-order valence-electron chi connectivity index (χ2n) is 4.79. The third kappa shape index (κ3) is 2.52.